The van der Waals surface area contributed by atoms with E-state index in [1.807, 2.05) is 12.3 Å². The maximum Gasteiger partial charge on any atom is 0.292 e. The number of hydrogen-bond donors (Lipinski definition) is 1. The molecule has 6 nitrogen and oxygen atoms in total. The standard InChI is InChI=1S/C19H17BrN4O2/c1-2-10-5-12(6-15-17(10)26-19(21)23-15)18-22-7-13-14(20)9-25-8-11-3-4-24(18)16(11)13/h5-7,9H,2-4,8H2,1H3,(H2,21,23). The number of hydrogen-bond acceptors (Lipinski definition) is 6. The normalized spacial score (nSPS) is 19.0. The van der Waals surface area contributed by atoms with E-state index in [0.717, 1.165) is 57.5 Å². The largest absolute Gasteiger partial charge is 0.496 e. The minimum Gasteiger partial charge on any atom is -0.496 e. The average Bonchev–Trinajstić information content (AvgIpc) is 3.18. The molecule has 26 heavy (non-hydrogen) atoms. The molecule has 0 atom stereocenters. The lowest BCUT2D eigenvalue weighted by Gasteiger charge is -2.28. The first-order valence-corrected chi connectivity index (χ1v) is 9.40. The summed E-state index contributed by atoms with van der Waals surface area (Å²) >= 11 is 3.60. The lowest BCUT2D eigenvalue weighted by atomic mass is 10.0. The molecular weight excluding hydrogens is 396 g/mol. The van der Waals surface area contributed by atoms with Crippen molar-refractivity contribution in [3.05, 3.63) is 57.0 Å². The number of allylic oxidation sites excluding steroid dienone is 1. The number of anilines is 1. The lowest BCUT2D eigenvalue weighted by Crippen LogP contribution is -2.31. The number of aromatic nitrogens is 1. The van der Waals surface area contributed by atoms with E-state index in [1.54, 1.807) is 6.26 Å². The molecule has 4 heterocycles. The highest BCUT2D eigenvalue weighted by atomic mass is 79.9. The predicted octanol–water partition coefficient (Wildman–Crippen LogP) is 3.84. The Morgan fingerprint density at radius 1 is 1.35 bits per heavy atom. The fourth-order valence-electron chi connectivity index (χ4n) is 3.81. The number of aryl methyl sites for hydroxylation is 1. The third-order valence-electron chi connectivity index (χ3n) is 4.99. The Labute approximate surface area is 158 Å². The molecular formula is C19H17BrN4O2. The van der Waals surface area contributed by atoms with Crippen molar-refractivity contribution >= 4 is 38.9 Å². The van der Waals surface area contributed by atoms with Crippen LogP contribution in [0.1, 0.15) is 24.5 Å². The van der Waals surface area contributed by atoms with Crippen molar-refractivity contribution in [1.82, 2.24) is 9.88 Å². The SMILES string of the molecule is CCc1cc(C2=NC=C3C(Br)=COCC4=C3N2CC4)cc2nc(N)oc12. The third-order valence-corrected chi connectivity index (χ3v) is 5.61. The number of nitrogens with two attached hydrogens (primary N) is 1. The van der Waals surface area contributed by atoms with Crippen molar-refractivity contribution in [2.24, 2.45) is 4.99 Å². The quantitative estimate of drug-likeness (QED) is 0.810. The van der Waals surface area contributed by atoms with Gasteiger partial charge in [0.1, 0.15) is 18.0 Å². The number of ether oxygens (including phenoxy) is 1. The van der Waals surface area contributed by atoms with Crippen molar-refractivity contribution in [3.8, 4) is 0 Å². The molecule has 7 heteroatoms. The van der Waals surface area contributed by atoms with Gasteiger partial charge in [0, 0.05) is 23.9 Å². The van der Waals surface area contributed by atoms with E-state index in [-0.39, 0.29) is 6.01 Å². The van der Waals surface area contributed by atoms with E-state index in [0.29, 0.717) is 6.61 Å². The first-order valence-electron chi connectivity index (χ1n) is 8.60. The first kappa shape index (κ1) is 15.7. The summed E-state index contributed by atoms with van der Waals surface area (Å²) in [6.45, 7) is 3.61. The Bertz CT molecular complexity index is 1060. The number of fused-ring (bicyclic) bond motifs is 1. The fraction of sp³-hybridized carbons (Fsp3) is 0.263. The Hall–Kier alpha value is -2.54. The molecule has 1 aromatic carbocycles. The van der Waals surface area contributed by atoms with Gasteiger partial charge in [-0.05, 0) is 52.0 Å². The summed E-state index contributed by atoms with van der Waals surface area (Å²) in [6, 6.07) is 4.32. The molecule has 132 valence electrons. The number of amidine groups is 1. The summed E-state index contributed by atoms with van der Waals surface area (Å²) in [7, 11) is 0. The Kier molecular flexibility index (Phi) is 3.46. The molecule has 0 saturated heterocycles. The summed E-state index contributed by atoms with van der Waals surface area (Å²) in [6.07, 6.45) is 5.47. The monoisotopic (exact) mass is 412 g/mol. The summed E-state index contributed by atoms with van der Waals surface area (Å²) in [5, 5.41) is 0. The molecule has 0 spiro atoms. The highest BCUT2D eigenvalue weighted by molar-refractivity contribution is 9.12. The van der Waals surface area contributed by atoms with Crippen LogP contribution in [0.5, 0.6) is 0 Å². The van der Waals surface area contributed by atoms with E-state index < -0.39 is 0 Å². The van der Waals surface area contributed by atoms with Crippen LogP contribution in [0.15, 0.2) is 55.3 Å². The van der Waals surface area contributed by atoms with Crippen molar-refractivity contribution in [2.45, 2.75) is 19.8 Å². The van der Waals surface area contributed by atoms with Crippen LogP contribution in [-0.2, 0) is 11.2 Å². The number of benzene rings is 1. The van der Waals surface area contributed by atoms with Crippen LogP contribution < -0.4 is 5.73 Å². The van der Waals surface area contributed by atoms with Gasteiger partial charge in [-0.2, -0.15) is 4.98 Å². The maximum atomic E-state index is 5.76. The van der Waals surface area contributed by atoms with Crippen molar-refractivity contribution in [2.75, 3.05) is 18.9 Å². The Morgan fingerprint density at radius 2 is 2.23 bits per heavy atom. The van der Waals surface area contributed by atoms with Crippen LogP contribution >= 0.6 is 15.9 Å². The summed E-state index contributed by atoms with van der Waals surface area (Å²) < 4.78 is 12.1. The molecule has 2 N–H and O–H groups in total. The van der Waals surface area contributed by atoms with Gasteiger partial charge in [-0.1, -0.05) is 6.92 Å². The van der Waals surface area contributed by atoms with E-state index in [9.17, 15) is 0 Å². The molecule has 2 aromatic rings. The summed E-state index contributed by atoms with van der Waals surface area (Å²) in [5.41, 5.74) is 13.0. The minimum absolute atomic E-state index is 0.195. The smallest absolute Gasteiger partial charge is 0.292 e. The van der Waals surface area contributed by atoms with Crippen LogP contribution in [0.25, 0.3) is 11.1 Å². The van der Waals surface area contributed by atoms with Gasteiger partial charge in [0.15, 0.2) is 5.58 Å². The zero-order valence-electron chi connectivity index (χ0n) is 14.3. The highest BCUT2D eigenvalue weighted by Crippen LogP contribution is 2.40. The van der Waals surface area contributed by atoms with Gasteiger partial charge >= 0.3 is 0 Å². The first-order chi connectivity index (χ1) is 12.7. The average molecular weight is 413 g/mol. The molecule has 0 radical (unpaired) electrons. The van der Waals surface area contributed by atoms with Gasteiger partial charge < -0.3 is 19.8 Å². The highest BCUT2D eigenvalue weighted by Gasteiger charge is 2.34. The zero-order chi connectivity index (χ0) is 17.8. The van der Waals surface area contributed by atoms with Crippen LogP contribution in [0.2, 0.25) is 0 Å². The molecule has 3 aliphatic heterocycles. The van der Waals surface area contributed by atoms with E-state index in [2.05, 4.69) is 38.8 Å². The molecule has 1 aromatic heterocycles. The second-order valence-corrected chi connectivity index (χ2v) is 7.37. The summed E-state index contributed by atoms with van der Waals surface area (Å²) in [5.74, 6) is 0.930. The zero-order valence-corrected chi connectivity index (χ0v) is 15.8. The topological polar surface area (TPSA) is 76.9 Å². The maximum absolute atomic E-state index is 5.76. The molecule has 0 unspecified atom stereocenters. The number of aliphatic imine (C=N–C) groups is 1. The predicted molar refractivity (Wildman–Crippen MR) is 104 cm³/mol. The van der Waals surface area contributed by atoms with Gasteiger partial charge in [-0.15, -0.1) is 0 Å². The molecule has 0 saturated carbocycles. The number of halogens is 1. The van der Waals surface area contributed by atoms with E-state index in [4.69, 9.17) is 19.9 Å². The van der Waals surface area contributed by atoms with Gasteiger partial charge in [0.25, 0.3) is 6.01 Å². The van der Waals surface area contributed by atoms with Gasteiger partial charge in [-0.25, -0.2) is 4.99 Å². The van der Waals surface area contributed by atoms with E-state index >= 15 is 0 Å². The van der Waals surface area contributed by atoms with Crippen LogP contribution in [0, 0.1) is 0 Å². The number of rotatable bonds is 2. The lowest BCUT2D eigenvalue weighted by molar-refractivity contribution is 0.279. The van der Waals surface area contributed by atoms with Gasteiger partial charge in [-0.3, -0.25) is 0 Å². The van der Waals surface area contributed by atoms with Crippen LogP contribution in [0.4, 0.5) is 6.01 Å². The Morgan fingerprint density at radius 3 is 3.08 bits per heavy atom. The molecule has 0 amide bonds. The van der Waals surface area contributed by atoms with Gasteiger partial charge in [0.05, 0.1) is 16.4 Å². The number of oxazole rings is 1. The number of nitrogen functional groups attached to an aromatic ring is 1. The molecule has 0 aliphatic carbocycles. The van der Waals surface area contributed by atoms with Crippen LogP contribution in [0.3, 0.4) is 0 Å². The van der Waals surface area contributed by atoms with Gasteiger partial charge in [0.2, 0.25) is 0 Å². The molecule has 0 fully saturated rings. The second-order valence-electron chi connectivity index (χ2n) is 6.52. The summed E-state index contributed by atoms with van der Waals surface area (Å²) in [4.78, 5) is 11.4. The Balaban J connectivity index is 1.69. The van der Waals surface area contributed by atoms with Crippen molar-refractivity contribution in [1.29, 1.82) is 0 Å². The molecule has 0 bridgehead atoms. The molecule has 3 aliphatic rings. The van der Waals surface area contributed by atoms with Crippen molar-refractivity contribution in [3.63, 3.8) is 0 Å². The van der Waals surface area contributed by atoms with Crippen molar-refractivity contribution < 1.29 is 9.15 Å². The fourth-order valence-corrected chi connectivity index (χ4v) is 4.23. The van der Waals surface area contributed by atoms with Crippen LogP contribution in [-0.4, -0.2) is 28.9 Å². The minimum atomic E-state index is 0.195. The second kappa shape index (κ2) is 5.74. The molecule has 5 rings (SSSR count). The van der Waals surface area contributed by atoms with E-state index in [1.165, 1.54) is 11.3 Å². The number of nitrogens with zero attached hydrogens (tertiary/aromatic N) is 3. The third kappa shape index (κ3) is 2.23.